The van der Waals surface area contributed by atoms with Crippen LogP contribution in [-0.2, 0) is 9.59 Å². The van der Waals surface area contributed by atoms with Gasteiger partial charge in [0, 0.05) is 26.2 Å². The van der Waals surface area contributed by atoms with Crippen LogP contribution in [0.4, 0.5) is 13.2 Å². The summed E-state index contributed by atoms with van der Waals surface area (Å²) < 4.78 is 40.6. The lowest BCUT2D eigenvalue weighted by molar-refractivity contribution is -0.123. The average Bonchev–Trinajstić information content (AvgIpc) is 2.56. The molecule has 0 aromatic rings. The molecule has 5 nitrogen and oxygen atoms in total. The molecule has 140 valence electrons. The van der Waals surface area contributed by atoms with Crippen molar-refractivity contribution in [1.29, 1.82) is 0 Å². The van der Waals surface area contributed by atoms with Crippen molar-refractivity contribution in [3.05, 3.63) is 71.5 Å². The van der Waals surface area contributed by atoms with Gasteiger partial charge in [0.15, 0.2) is 5.95 Å². The zero-order valence-electron chi connectivity index (χ0n) is 13.8. The molecule has 2 radical (unpaired) electrons. The van der Waals surface area contributed by atoms with Gasteiger partial charge in [0.05, 0.1) is 12.3 Å². The Morgan fingerprint density at radius 2 is 2.15 bits per heavy atom. The Morgan fingerprint density at radius 1 is 1.38 bits per heavy atom. The molecule has 0 aromatic heterocycles. The van der Waals surface area contributed by atoms with Crippen molar-refractivity contribution >= 4 is 11.8 Å². The molecule has 2 amide bonds. The first-order chi connectivity index (χ1) is 12.3. The molecule has 0 spiro atoms. The normalized spacial score (nSPS) is 24.3. The molecule has 1 unspecified atom stereocenters. The number of nitrogens with one attached hydrogen (secondary N) is 3. The maximum Gasteiger partial charge on any atom is 0.248 e. The summed E-state index contributed by atoms with van der Waals surface area (Å²) in [6, 6.07) is -0.410. The third kappa shape index (κ3) is 3.74. The molecule has 26 heavy (non-hydrogen) atoms. The Balaban J connectivity index is 0.00000196. The Labute approximate surface area is 151 Å². The molecule has 2 heterocycles. The smallest absolute Gasteiger partial charge is 0.248 e. The third-order valence-corrected chi connectivity index (χ3v) is 4.08. The lowest BCUT2D eigenvalue weighted by Crippen LogP contribution is -2.40. The molecule has 8 heteroatoms. The van der Waals surface area contributed by atoms with E-state index < -0.39 is 35.8 Å². The van der Waals surface area contributed by atoms with E-state index in [1.165, 1.54) is 30.5 Å². The van der Waals surface area contributed by atoms with Crippen LogP contribution < -0.4 is 16.0 Å². The van der Waals surface area contributed by atoms with E-state index in [-0.39, 0.29) is 26.3 Å². The van der Waals surface area contributed by atoms with Gasteiger partial charge in [-0.2, -0.15) is 4.39 Å². The Morgan fingerprint density at radius 3 is 2.88 bits per heavy atom. The second-order valence-corrected chi connectivity index (χ2v) is 5.98. The molecule has 2 aliphatic heterocycles. The Bertz CT molecular complexity index is 793. The number of allylic oxidation sites excluding steroid dienone is 2. The van der Waals surface area contributed by atoms with E-state index in [2.05, 4.69) is 16.0 Å². The van der Waals surface area contributed by atoms with Crippen LogP contribution in [0.2, 0.25) is 0 Å². The van der Waals surface area contributed by atoms with E-state index in [4.69, 9.17) is 0 Å². The minimum absolute atomic E-state index is 0. The first kappa shape index (κ1) is 18.0. The highest BCUT2D eigenvalue weighted by atomic mass is 19.1. The van der Waals surface area contributed by atoms with Crippen LogP contribution in [0.1, 0.15) is 16.2 Å². The van der Waals surface area contributed by atoms with Crippen LogP contribution in [0.25, 0.3) is 0 Å². The van der Waals surface area contributed by atoms with Crippen LogP contribution in [-0.4, -0.2) is 24.0 Å². The van der Waals surface area contributed by atoms with E-state index in [1.807, 2.05) is 0 Å². The number of hydrogen-bond donors (Lipinski definition) is 3. The van der Waals surface area contributed by atoms with Crippen LogP contribution >= 0.6 is 0 Å². The molecule has 2 atom stereocenters. The van der Waals surface area contributed by atoms with Crippen LogP contribution in [0.3, 0.4) is 0 Å². The summed E-state index contributed by atoms with van der Waals surface area (Å²) in [6.45, 7) is 1.54. The molecule has 3 rings (SSSR count). The maximum absolute atomic E-state index is 13.8. The van der Waals surface area contributed by atoms with Crippen LogP contribution in [0.5, 0.6) is 0 Å². The number of carbonyl (C=O) groups excluding carboxylic acids is 2. The topological polar surface area (TPSA) is 70.2 Å². The third-order valence-electron chi connectivity index (χ3n) is 4.08. The van der Waals surface area contributed by atoms with Crippen molar-refractivity contribution in [2.24, 2.45) is 0 Å². The largest absolute Gasteiger partial charge is 0.352 e. The number of carbonyl (C=O) groups is 2. The zero-order valence-corrected chi connectivity index (χ0v) is 13.8. The van der Waals surface area contributed by atoms with Gasteiger partial charge in [-0.1, -0.05) is 6.08 Å². The summed E-state index contributed by atoms with van der Waals surface area (Å²) in [5.74, 6) is -2.29. The lowest BCUT2D eigenvalue weighted by atomic mass is 9.93. The van der Waals surface area contributed by atoms with Crippen molar-refractivity contribution in [2.45, 2.75) is 25.6 Å². The van der Waals surface area contributed by atoms with Gasteiger partial charge in [-0.3, -0.25) is 9.59 Å². The number of fused-ring (bicyclic) bond motifs is 1. The van der Waals surface area contributed by atoms with Crippen molar-refractivity contribution < 1.29 is 25.6 Å². The first-order valence-electron chi connectivity index (χ1n) is 7.93. The quantitative estimate of drug-likeness (QED) is 0.669. The summed E-state index contributed by atoms with van der Waals surface area (Å²) in [6.07, 6.45) is 5.61. The van der Waals surface area contributed by atoms with E-state index in [0.717, 1.165) is 6.08 Å². The SMILES string of the molecule is C[C@H](NC(=O)CC1=CC2=C(F)NC=C[C]2NC1=O)[C]1C=CC(F)C=C1F.[HH].[HH]. The van der Waals surface area contributed by atoms with Crippen molar-refractivity contribution in [1.82, 2.24) is 16.0 Å². The molecular formula is C18H20F3N3O2. The fourth-order valence-corrected chi connectivity index (χ4v) is 2.77. The van der Waals surface area contributed by atoms with Crippen molar-refractivity contribution in [3.63, 3.8) is 0 Å². The van der Waals surface area contributed by atoms with Crippen LogP contribution in [0.15, 0.2) is 59.5 Å². The highest BCUT2D eigenvalue weighted by Crippen LogP contribution is 2.29. The molecule has 3 aliphatic rings. The monoisotopic (exact) mass is 367 g/mol. The molecule has 0 saturated carbocycles. The molecule has 3 N–H and O–H groups in total. The number of halogens is 3. The summed E-state index contributed by atoms with van der Waals surface area (Å²) in [7, 11) is 0. The van der Waals surface area contributed by atoms with Gasteiger partial charge in [0.1, 0.15) is 18.0 Å². The Hall–Kier alpha value is -2.77. The first-order valence-corrected chi connectivity index (χ1v) is 7.93. The zero-order chi connectivity index (χ0) is 18.8. The van der Waals surface area contributed by atoms with E-state index in [1.54, 1.807) is 6.92 Å². The van der Waals surface area contributed by atoms with Gasteiger partial charge in [0.25, 0.3) is 0 Å². The van der Waals surface area contributed by atoms with Gasteiger partial charge >= 0.3 is 0 Å². The number of dihydropyridines is 1. The summed E-state index contributed by atoms with van der Waals surface area (Å²) in [5.41, 5.74) is 0.222. The fourth-order valence-electron chi connectivity index (χ4n) is 2.77. The number of alkyl halides is 1. The molecular weight excluding hydrogens is 347 g/mol. The van der Waals surface area contributed by atoms with Crippen molar-refractivity contribution in [2.75, 3.05) is 0 Å². The lowest BCUT2D eigenvalue weighted by Gasteiger charge is -2.26. The maximum atomic E-state index is 13.8. The highest BCUT2D eigenvalue weighted by Gasteiger charge is 2.30. The molecule has 0 fully saturated rings. The van der Waals surface area contributed by atoms with Gasteiger partial charge in [-0.05, 0) is 31.2 Å². The number of hydrogen-bond acceptors (Lipinski definition) is 3. The summed E-state index contributed by atoms with van der Waals surface area (Å²) in [5, 5.41) is 7.44. The molecule has 1 aliphatic carbocycles. The number of amides is 2. The summed E-state index contributed by atoms with van der Waals surface area (Å²) in [4.78, 5) is 24.3. The minimum Gasteiger partial charge on any atom is -0.352 e. The second kappa shape index (κ2) is 7.23. The molecule has 0 saturated heterocycles. The van der Waals surface area contributed by atoms with Gasteiger partial charge in [-0.15, -0.1) is 0 Å². The second-order valence-electron chi connectivity index (χ2n) is 5.98. The molecule has 0 bridgehead atoms. The minimum atomic E-state index is -1.50. The van der Waals surface area contributed by atoms with E-state index in [9.17, 15) is 22.8 Å². The highest BCUT2D eigenvalue weighted by molar-refractivity contribution is 6.02. The van der Waals surface area contributed by atoms with Gasteiger partial charge in [-0.25, -0.2) is 8.78 Å². The van der Waals surface area contributed by atoms with E-state index in [0.29, 0.717) is 6.04 Å². The molecule has 0 aromatic carbocycles. The predicted octanol–water partition coefficient (Wildman–Crippen LogP) is 2.60. The summed E-state index contributed by atoms with van der Waals surface area (Å²) >= 11 is 0. The van der Waals surface area contributed by atoms with Crippen molar-refractivity contribution in [3.8, 4) is 0 Å². The van der Waals surface area contributed by atoms with Crippen LogP contribution in [0, 0.1) is 12.0 Å². The van der Waals surface area contributed by atoms with Gasteiger partial charge in [0.2, 0.25) is 11.8 Å². The number of rotatable bonds is 4. The van der Waals surface area contributed by atoms with Gasteiger partial charge < -0.3 is 16.0 Å². The fraction of sp³-hybridized carbons (Fsp3) is 0.222. The standard InChI is InChI=1S/C18H16F3N3O2.2H2/c1-9(12-3-2-11(19)8-14(12)20)23-16(25)7-10-6-13-15(24-18(10)26)4-5-22-17(13)21;;/h2-6,8-9,11,22H,7H2,1H3,(H,23,25)(H,24,26);2*1H/t9-,11?;;/m0../s1. The average molecular weight is 367 g/mol. The Kier molecular flexibility index (Phi) is 5.01. The van der Waals surface area contributed by atoms with E-state index >= 15 is 0 Å². The predicted molar refractivity (Wildman–Crippen MR) is 92.8 cm³/mol.